The lowest BCUT2D eigenvalue weighted by molar-refractivity contribution is -0.133. The highest BCUT2D eigenvalue weighted by Gasteiger charge is 2.26. The summed E-state index contributed by atoms with van der Waals surface area (Å²) in [7, 11) is 0. The first-order valence-electron chi connectivity index (χ1n) is 6.38. The topological polar surface area (TPSA) is 49.6 Å². The van der Waals surface area contributed by atoms with Crippen LogP contribution < -0.4 is 5.73 Å². The van der Waals surface area contributed by atoms with Crippen LogP contribution in [0.4, 0.5) is 0 Å². The molecule has 4 nitrogen and oxygen atoms in total. The molecule has 0 aliphatic carbocycles. The average molecular weight is 227 g/mol. The molecule has 0 spiro atoms. The van der Waals surface area contributed by atoms with Crippen molar-refractivity contribution in [2.45, 2.75) is 45.7 Å². The predicted octanol–water partition coefficient (Wildman–Crippen LogP) is 0.666. The molecule has 2 N–H and O–H groups in total. The van der Waals surface area contributed by atoms with Crippen LogP contribution in [0.5, 0.6) is 0 Å². The number of nitrogens with two attached hydrogens (primary N) is 1. The third kappa shape index (κ3) is 3.19. The molecule has 1 saturated heterocycles. The van der Waals surface area contributed by atoms with Crippen LogP contribution in [0.2, 0.25) is 0 Å². The van der Waals surface area contributed by atoms with Gasteiger partial charge in [0.05, 0.1) is 6.04 Å². The molecule has 4 heteroatoms. The largest absolute Gasteiger partial charge is 0.341 e. The van der Waals surface area contributed by atoms with Gasteiger partial charge in [0.25, 0.3) is 0 Å². The number of hydrogen-bond donors (Lipinski definition) is 1. The van der Waals surface area contributed by atoms with E-state index in [4.69, 9.17) is 5.73 Å². The summed E-state index contributed by atoms with van der Waals surface area (Å²) in [6, 6.07) is 0.289. The average Bonchev–Trinajstić information content (AvgIpc) is 2.30. The Labute approximate surface area is 98.8 Å². The number of rotatable bonds is 4. The van der Waals surface area contributed by atoms with Gasteiger partial charge >= 0.3 is 0 Å². The van der Waals surface area contributed by atoms with Gasteiger partial charge in [-0.25, -0.2) is 0 Å². The van der Waals surface area contributed by atoms with Gasteiger partial charge in [-0.3, -0.25) is 4.79 Å². The molecule has 0 saturated carbocycles. The molecule has 0 aromatic heterocycles. The van der Waals surface area contributed by atoms with Crippen molar-refractivity contribution in [1.29, 1.82) is 0 Å². The standard InChI is InChI=1S/C12H25N3O/c1-4-14(5-2)11-6-8-15(9-7-11)12(16)10(3)13/h10-11H,4-9,13H2,1-3H3. The van der Waals surface area contributed by atoms with Gasteiger partial charge in [0.15, 0.2) is 0 Å². The highest BCUT2D eigenvalue weighted by Crippen LogP contribution is 2.16. The Morgan fingerprint density at radius 3 is 2.25 bits per heavy atom. The first-order valence-corrected chi connectivity index (χ1v) is 6.38. The molecule has 1 fully saturated rings. The lowest BCUT2D eigenvalue weighted by Crippen LogP contribution is -2.50. The Hall–Kier alpha value is -0.610. The Morgan fingerprint density at radius 2 is 1.88 bits per heavy atom. The van der Waals surface area contributed by atoms with E-state index in [2.05, 4.69) is 18.7 Å². The number of carbonyl (C=O) groups excluding carboxylic acids is 1. The van der Waals surface area contributed by atoms with E-state index < -0.39 is 0 Å². The zero-order valence-electron chi connectivity index (χ0n) is 10.8. The first-order chi connectivity index (χ1) is 7.60. The van der Waals surface area contributed by atoms with Gasteiger partial charge < -0.3 is 15.5 Å². The van der Waals surface area contributed by atoms with Crippen LogP contribution in [0.15, 0.2) is 0 Å². The molecule has 16 heavy (non-hydrogen) atoms. The van der Waals surface area contributed by atoms with E-state index in [1.807, 2.05) is 4.90 Å². The Balaban J connectivity index is 2.42. The second kappa shape index (κ2) is 6.21. The quantitative estimate of drug-likeness (QED) is 0.768. The van der Waals surface area contributed by atoms with Crippen LogP contribution in [-0.4, -0.2) is 54.0 Å². The second-order valence-corrected chi connectivity index (χ2v) is 4.57. The first kappa shape index (κ1) is 13.5. The zero-order valence-corrected chi connectivity index (χ0v) is 10.8. The van der Waals surface area contributed by atoms with Crippen LogP contribution in [0.25, 0.3) is 0 Å². The van der Waals surface area contributed by atoms with E-state index in [-0.39, 0.29) is 11.9 Å². The van der Waals surface area contributed by atoms with Crippen molar-refractivity contribution >= 4 is 5.91 Å². The number of likely N-dealkylation sites (tertiary alicyclic amines) is 1. The number of hydrogen-bond acceptors (Lipinski definition) is 3. The molecular weight excluding hydrogens is 202 g/mol. The van der Waals surface area contributed by atoms with Crippen molar-refractivity contribution in [3.05, 3.63) is 0 Å². The molecule has 1 amide bonds. The second-order valence-electron chi connectivity index (χ2n) is 4.57. The van der Waals surface area contributed by atoms with E-state index >= 15 is 0 Å². The smallest absolute Gasteiger partial charge is 0.239 e. The van der Waals surface area contributed by atoms with E-state index in [0.29, 0.717) is 6.04 Å². The summed E-state index contributed by atoms with van der Waals surface area (Å²) in [5.41, 5.74) is 5.61. The van der Waals surface area contributed by atoms with Gasteiger partial charge in [-0.1, -0.05) is 13.8 Å². The maximum absolute atomic E-state index is 11.7. The van der Waals surface area contributed by atoms with Crippen molar-refractivity contribution in [3.8, 4) is 0 Å². The van der Waals surface area contributed by atoms with Crippen molar-refractivity contribution in [2.24, 2.45) is 5.73 Å². The molecule has 1 atom stereocenters. The van der Waals surface area contributed by atoms with Crippen LogP contribution in [-0.2, 0) is 4.79 Å². The summed E-state index contributed by atoms with van der Waals surface area (Å²) in [6.45, 7) is 10.1. The third-order valence-corrected chi connectivity index (χ3v) is 3.49. The minimum absolute atomic E-state index is 0.0954. The Bertz CT molecular complexity index is 218. The highest BCUT2D eigenvalue weighted by molar-refractivity contribution is 5.81. The molecule has 1 heterocycles. The molecular formula is C12H25N3O. The summed E-state index contributed by atoms with van der Waals surface area (Å²) < 4.78 is 0. The third-order valence-electron chi connectivity index (χ3n) is 3.49. The van der Waals surface area contributed by atoms with Gasteiger partial charge in [0.1, 0.15) is 0 Å². The zero-order chi connectivity index (χ0) is 12.1. The molecule has 1 rings (SSSR count). The number of carbonyl (C=O) groups is 1. The monoisotopic (exact) mass is 227 g/mol. The summed E-state index contributed by atoms with van der Waals surface area (Å²) in [6.07, 6.45) is 2.17. The van der Waals surface area contributed by atoms with Gasteiger partial charge in [-0.05, 0) is 32.9 Å². The minimum atomic E-state index is -0.356. The molecule has 1 aliphatic rings. The molecule has 0 aromatic rings. The van der Waals surface area contributed by atoms with Gasteiger partial charge in [0, 0.05) is 19.1 Å². The van der Waals surface area contributed by atoms with Crippen LogP contribution in [0.1, 0.15) is 33.6 Å². The fourth-order valence-electron chi connectivity index (χ4n) is 2.48. The summed E-state index contributed by atoms with van der Waals surface area (Å²) in [4.78, 5) is 16.1. The minimum Gasteiger partial charge on any atom is -0.341 e. The fourth-order valence-corrected chi connectivity index (χ4v) is 2.48. The normalized spacial score (nSPS) is 20.2. The van der Waals surface area contributed by atoms with Gasteiger partial charge in [-0.2, -0.15) is 0 Å². The van der Waals surface area contributed by atoms with E-state index in [9.17, 15) is 4.79 Å². The maximum atomic E-state index is 11.7. The molecule has 0 aromatic carbocycles. The lowest BCUT2D eigenvalue weighted by atomic mass is 10.0. The number of nitrogens with zero attached hydrogens (tertiary/aromatic N) is 2. The fraction of sp³-hybridized carbons (Fsp3) is 0.917. The van der Waals surface area contributed by atoms with E-state index in [1.54, 1.807) is 6.92 Å². The molecule has 0 radical (unpaired) electrons. The van der Waals surface area contributed by atoms with Crippen molar-refractivity contribution in [2.75, 3.05) is 26.2 Å². The van der Waals surface area contributed by atoms with Crippen LogP contribution in [0.3, 0.4) is 0 Å². The number of piperidine rings is 1. The predicted molar refractivity (Wildman–Crippen MR) is 66.2 cm³/mol. The van der Waals surface area contributed by atoms with E-state index in [1.165, 1.54) is 0 Å². The summed E-state index contributed by atoms with van der Waals surface area (Å²) in [5.74, 6) is 0.0954. The SMILES string of the molecule is CCN(CC)C1CCN(C(=O)C(C)N)CC1. The van der Waals surface area contributed by atoms with Crippen molar-refractivity contribution < 1.29 is 4.79 Å². The molecule has 0 bridgehead atoms. The summed E-state index contributed by atoms with van der Waals surface area (Å²) in [5, 5.41) is 0. The maximum Gasteiger partial charge on any atom is 0.239 e. The highest BCUT2D eigenvalue weighted by atomic mass is 16.2. The van der Waals surface area contributed by atoms with Crippen molar-refractivity contribution in [3.63, 3.8) is 0 Å². The molecule has 94 valence electrons. The van der Waals surface area contributed by atoms with Gasteiger partial charge in [-0.15, -0.1) is 0 Å². The van der Waals surface area contributed by atoms with Crippen LogP contribution in [0, 0.1) is 0 Å². The van der Waals surface area contributed by atoms with Crippen molar-refractivity contribution in [1.82, 2.24) is 9.80 Å². The Kier molecular flexibility index (Phi) is 5.22. The Morgan fingerprint density at radius 1 is 1.38 bits per heavy atom. The number of amides is 1. The van der Waals surface area contributed by atoms with Gasteiger partial charge in [0.2, 0.25) is 5.91 Å². The molecule has 1 unspecified atom stereocenters. The van der Waals surface area contributed by atoms with Crippen LogP contribution >= 0.6 is 0 Å². The lowest BCUT2D eigenvalue weighted by Gasteiger charge is -2.38. The van der Waals surface area contributed by atoms with E-state index in [0.717, 1.165) is 39.0 Å². The molecule has 1 aliphatic heterocycles. The summed E-state index contributed by atoms with van der Waals surface area (Å²) >= 11 is 0.